The van der Waals surface area contributed by atoms with Crippen molar-refractivity contribution in [2.45, 2.75) is 17.1 Å². The average Bonchev–Trinajstić information content (AvgIpc) is 2.66. The van der Waals surface area contributed by atoms with Crippen LogP contribution in [0.1, 0.15) is 6.92 Å². The number of rotatable bonds is 4. The maximum Gasteiger partial charge on any atom is 0.343 e. The minimum absolute atomic E-state index is 0.114. The Morgan fingerprint density at radius 2 is 2.39 bits per heavy atom. The van der Waals surface area contributed by atoms with E-state index < -0.39 is 5.82 Å². The molecule has 0 atom stereocenters. The molecule has 0 amide bonds. The van der Waals surface area contributed by atoms with E-state index >= 15 is 0 Å². The van der Waals surface area contributed by atoms with Gasteiger partial charge in [-0.05, 0) is 18.7 Å². The smallest absolute Gasteiger partial charge is 0.343 e. The normalized spacial score (nSPS) is 10.6. The van der Waals surface area contributed by atoms with Gasteiger partial charge in [-0.1, -0.05) is 0 Å². The number of nitrogens with one attached hydrogen (secondary N) is 2. The van der Waals surface area contributed by atoms with Gasteiger partial charge in [0, 0.05) is 13.6 Å². The van der Waals surface area contributed by atoms with Crippen LogP contribution in [0.15, 0.2) is 21.2 Å². The lowest BCUT2D eigenvalue weighted by atomic mass is 10.6. The molecule has 2 heterocycles. The van der Waals surface area contributed by atoms with E-state index in [1.165, 1.54) is 4.57 Å². The van der Waals surface area contributed by atoms with Gasteiger partial charge < -0.3 is 5.32 Å². The molecule has 0 aliphatic heterocycles. The van der Waals surface area contributed by atoms with Crippen LogP contribution in [0.5, 0.6) is 0 Å². The lowest BCUT2D eigenvalue weighted by Crippen LogP contribution is -2.13. The topological polar surface area (TPSA) is 88.5 Å². The predicted octanol–water partition coefficient (Wildman–Crippen LogP) is 0.620. The van der Waals surface area contributed by atoms with Crippen molar-refractivity contribution < 1.29 is 4.39 Å². The number of H-pyrrole nitrogens is 1. The minimum atomic E-state index is -0.558. The molecule has 0 unspecified atom stereocenters. The Bertz CT molecular complexity index is 609. The fourth-order valence-electron chi connectivity index (χ4n) is 1.18. The highest BCUT2D eigenvalue weighted by Gasteiger charge is 2.13. The summed E-state index contributed by atoms with van der Waals surface area (Å²) < 4.78 is 14.8. The molecule has 0 aromatic carbocycles. The van der Waals surface area contributed by atoms with Crippen molar-refractivity contribution in [3.63, 3.8) is 0 Å². The summed E-state index contributed by atoms with van der Waals surface area (Å²) in [6.07, 6.45) is 1.08. The van der Waals surface area contributed by atoms with Gasteiger partial charge in [0.05, 0.1) is 6.20 Å². The lowest BCUT2D eigenvalue weighted by molar-refractivity contribution is 0.579. The predicted molar refractivity (Wildman–Crippen MR) is 64.1 cm³/mol. The molecule has 0 bridgehead atoms. The maximum absolute atomic E-state index is 13.5. The molecule has 0 aliphatic carbocycles. The third-order valence-electron chi connectivity index (χ3n) is 2.07. The third-order valence-corrected chi connectivity index (χ3v) is 3.10. The molecule has 2 rings (SSSR count). The van der Waals surface area contributed by atoms with E-state index in [9.17, 15) is 9.18 Å². The Hall–Kier alpha value is -1.90. The van der Waals surface area contributed by atoms with Crippen LogP contribution in [-0.4, -0.2) is 31.3 Å². The molecular weight excluding hydrogens is 259 g/mol. The van der Waals surface area contributed by atoms with Gasteiger partial charge in [0.15, 0.2) is 11.0 Å². The third kappa shape index (κ3) is 2.50. The van der Waals surface area contributed by atoms with Crippen molar-refractivity contribution in [3.8, 4) is 0 Å². The molecule has 2 aromatic heterocycles. The van der Waals surface area contributed by atoms with Crippen LogP contribution in [0.25, 0.3) is 0 Å². The molecule has 2 N–H and O–H groups in total. The zero-order chi connectivity index (χ0) is 13.1. The second kappa shape index (κ2) is 5.17. The largest absolute Gasteiger partial charge is 0.354 e. The summed E-state index contributed by atoms with van der Waals surface area (Å²) in [6, 6.07) is 0. The molecule has 0 spiro atoms. The van der Waals surface area contributed by atoms with Crippen LogP contribution in [0.3, 0.4) is 0 Å². The number of hydrogen-bond acceptors (Lipinski definition) is 6. The van der Waals surface area contributed by atoms with Crippen molar-refractivity contribution in [1.29, 1.82) is 0 Å². The van der Waals surface area contributed by atoms with Gasteiger partial charge in [0.25, 0.3) is 0 Å². The summed E-state index contributed by atoms with van der Waals surface area (Å²) in [7, 11) is 1.54. The Kier molecular flexibility index (Phi) is 3.60. The number of anilines is 1. The summed E-state index contributed by atoms with van der Waals surface area (Å²) in [5.74, 6) is -0.223. The highest BCUT2D eigenvalue weighted by atomic mass is 32.2. The molecule has 18 heavy (non-hydrogen) atoms. The van der Waals surface area contributed by atoms with Crippen molar-refractivity contribution in [2.75, 3.05) is 11.9 Å². The number of aromatic amines is 1. The zero-order valence-corrected chi connectivity index (χ0v) is 10.6. The molecular formula is C9H11FN6OS. The molecule has 0 saturated carbocycles. The Labute approximate surface area is 106 Å². The fourth-order valence-corrected chi connectivity index (χ4v) is 1.94. The summed E-state index contributed by atoms with van der Waals surface area (Å²) in [5, 5.41) is 9.37. The molecule has 0 aliphatic rings. The van der Waals surface area contributed by atoms with Gasteiger partial charge >= 0.3 is 5.69 Å². The van der Waals surface area contributed by atoms with E-state index in [-0.39, 0.29) is 10.7 Å². The van der Waals surface area contributed by atoms with Crippen molar-refractivity contribution >= 4 is 17.7 Å². The van der Waals surface area contributed by atoms with Crippen LogP contribution in [0.4, 0.5) is 10.3 Å². The van der Waals surface area contributed by atoms with E-state index in [1.54, 1.807) is 7.05 Å². The number of nitrogens with zero attached hydrogens (tertiary/aromatic N) is 4. The second-order valence-corrected chi connectivity index (χ2v) is 4.31. The van der Waals surface area contributed by atoms with E-state index in [1.807, 2.05) is 6.92 Å². The van der Waals surface area contributed by atoms with Gasteiger partial charge in [-0.25, -0.2) is 24.3 Å². The van der Waals surface area contributed by atoms with Crippen molar-refractivity contribution in [2.24, 2.45) is 7.05 Å². The number of halogens is 1. The SMILES string of the molecule is CCNc1ncc(F)c(Sc2n[nH]c(=O)n2C)n1. The van der Waals surface area contributed by atoms with E-state index in [2.05, 4.69) is 25.5 Å². The van der Waals surface area contributed by atoms with Crippen molar-refractivity contribution in [1.82, 2.24) is 24.7 Å². The highest BCUT2D eigenvalue weighted by molar-refractivity contribution is 7.99. The van der Waals surface area contributed by atoms with Crippen LogP contribution in [0, 0.1) is 5.82 Å². The van der Waals surface area contributed by atoms with Crippen LogP contribution >= 0.6 is 11.8 Å². The van der Waals surface area contributed by atoms with Crippen LogP contribution < -0.4 is 11.0 Å². The molecule has 0 radical (unpaired) electrons. The summed E-state index contributed by atoms with van der Waals surface area (Å²) in [4.78, 5) is 19.0. The second-order valence-electron chi connectivity index (χ2n) is 3.35. The first kappa shape index (κ1) is 12.6. The fraction of sp³-hybridized carbons (Fsp3) is 0.333. The highest BCUT2D eigenvalue weighted by Crippen LogP contribution is 2.25. The van der Waals surface area contributed by atoms with E-state index in [0.717, 1.165) is 18.0 Å². The molecule has 9 heteroatoms. The van der Waals surface area contributed by atoms with Gasteiger partial charge in [0.2, 0.25) is 5.95 Å². The monoisotopic (exact) mass is 270 g/mol. The molecule has 7 nitrogen and oxygen atoms in total. The Balaban J connectivity index is 2.30. The molecule has 2 aromatic rings. The van der Waals surface area contributed by atoms with Gasteiger partial charge in [-0.3, -0.25) is 4.57 Å². The summed E-state index contributed by atoms with van der Waals surface area (Å²) in [5.41, 5.74) is -0.362. The van der Waals surface area contributed by atoms with Crippen LogP contribution in [0.2, 0.25) is 0 Å². The quantitative estimate of drug-likeness (QED) is 0.792. The lowest BCUT2D eigenvalue weighted by Gasteiger charge is -2.04. The zero-order valence-electron chi connectivity index (χ0n) is 9.77. The summed E-state index contributed by atoms with van der Waals surface area (Å²) in [6.45, 7) is 2.52. The minimum Gasteiger partial charge on any atom is -0.354 e. The van der Waals surface area contributed by atoms with Crippen LogP contribution in [-0.2, 0) is 7.05 Å². The van der Waals surface area contributed by atoms with Gasteiger partial charge in [0.1, 0.15) is 5.03 Å². The number of hydrogen-bond donors (Lipinski definition) is 2. The Morgan fingerprint density at radius 1 is 1.61 bits per heavy atom. The molecule has 0 fully saturated rings. The van der Waals surface area contributed by atoms with Crippen molar-refractivity contribution in [3.05, 3.63) is 22.5 Å². The number of aromatic nitrogens is 5. The average molecular weight is 270 g/mol. The molecule has 96 valence electrons. The van der Waals surface area contributed by atoms with Gasteiger partial charge in [-0.2, -0.15) is 0 Å². The summed E-state index contributed by atoms with van der Waals surface area (Å²) >= 11 is 0.956. The standard InChI is InChI=1S/C9H11FN6OS/c1-3-11-7-12-4-5(10)6(13-7)18-9-15-14-8(17)16(9)2/h4H,3H2,1-2H3,(H,14,17)(H,11,12,13). The first-order valence-electron chi connectivity index (χ1n) is 5.17. The first-order chi connectivity index (χ1) is 8.61. The van der Waals surface area contributed by atoms with E-state index in [4.69, 9.17) is 0 Å². The van der Waals surface area contributed by atoms with Gasteiger partial charge in [-0.15, -0.1) is 5.10 Å². The van der Waals surface area contributed by atoms with E-state index in [0.29, 0.717) is 17.6 Å². The Morgan fingerprint density at radius 3 is 3.00 bits per heavy atom. The first-order valence-corrected chi connectivity index (χ1v) is 5.99. The molecule has 0 saturated heterocycles. The maximum atomic E-state index is 13.5.